The maximum Gasteiger partial charge on any atom is 0.412 e. The minimum absolute atomic E-state index is 0.140. The van der Waals surface area contributed by atoms with Crippen molar-refractivity contribution < 1.29 is 28.6 Å². The quantitative estimate of drug-likeness (QED) is 0.0430. The lowest BCUT2D eigenvalue weighted by molar-refractivity contribution is -0.115. The number of hydrogen-bond acceptors (Lipinski definition) is 6. The van der Waals surface area contributed by atoms with Crippen molar-refractivity contribution in [2.45, 2.75) is 116 Å². The second-order valence-electron chi connectivity index (χ2n) is 13.1. The van der Waals surface area contributed by atoms with E-state index >= 15 is 0 Å². The highest BCUT2D eigenvalue weighted by Gasteiger charge is 2.26. The fraction of sp³-hybridized carbons (Fsp3) is 0.488. The highest BCUT2D eigenvalue weighted by atomic mass is 35.5. The number of alkyl halides is 1. The summed E-state index contributed by atoms with van der Waals surface area (Å²) in [7, 11) is 1.51. The third-order valence-electron chi connectivity index (χ3n) is 8.73. The number of rotatable bonds is 23. The SMILES string of the molecule is CCCCCCCCCCCCCCc1cc(Cl)c(C)cc1OCC(C)OC(=O)Nc1ccc(Cl)c(NC(=O)C(Cl)C(=O)c2ccc(OC)cc2)c1. The van der Waals surface area contributed by atoms with Crippen molar-refractivity contribution >= 4 is 64.0 Å². The fourth-order valence-corrected chi connectivity index (χ4v) is 6.20. The zero-order valence-corrected chi connectivity index (χ0v) is 33.1. The maximum absolute atomic E-state index is 12.8. The predicted molar refractivity (Wildman–Crippen MR) is 213 cm³/mol. The van der Waals surface area contributed by atoms with Gasteiger partial charge in [-0.15, -0.1) is 11.6 Å². The Morgan fingerprint density at radius 1 is 0.769 bits per heavy atom. The number of carbonyl (C=O) groups excluding carboxylic acids is 3. The van der Waals surface area contributed by atoms with Crippen molar-refractivity contribution in [3.8, 4) is 11.5 Å². The van der Waals surface area contributed by atoms with Gasteiger partial charge in [0.2, 0.25) is 5.91 Å². The average molecular weight is 776 g/mol. The Morgan fingerprint density at radius 2 is 1.38 bits per heavy atom. The number of methoxy groups -OCH3 is 1. The summed E-state index contributed by atoms with van der Waals surface area (Å²) in [4.78, 5) is 38.3. The van der Waals surface area contributed by atoms with E-state index in [0.29, 0.717) is 16.5 Å². The highest BCUT2D eigenvalue weighted by molar-refractivity contribution is 6.46. The lowest BCUT2D eigenvalue weighted by Gasteiger charge is -2.18. The van der Waals surface area contributed by atoms with Gasteiger partial charge in [-0.3, -0.25) is 14.9 Å². The number of carbonyl (C=O) groups is 3. The van der Waals surface area contributed by atoms with Gasteiger partial charge in [-0.1, -0.05) is 101 Å². The van der Waals surface area contributed by atoms with E-state index in [0.717, 1.165) is 36.1 Å². The van der Waals surface area contributed by atoms with Crippen LogP contribution in [0, 0.1) is 6.92 Å². The molecule has 52 heavy (non-hydrogen) atoms. The Morgan fingerprint density at radius 3 is 2.00 bits per heavy atom. The normalized spacial score (nSPS) is 12.1. The molecule has 0 fully saturated rings. The third-order valence-corrected chi connectivity index (χ3v) is 9.86. The van der Waals surface area contributed by atoms with Gasteiger partial charge in [0.25, 0.3) is 0 Å². The molecule has 8 nitrogen and oxygen atoms in total. The van der Waals surface area contributed by atoms with Crippen molar-refractivity contribution in [2.75, 3.05) is 24.4 Å². The predicted octanol–water partition coefficient (Wildman–Crippen LogP) is 12.0. The van der Waals surface area contributed by atoms with Gasteiger partial charge in [0, 0.05) is 16.3 Å². The number of Topliss-reactive ketones (excluding diaryl/α,β-unsaturated/α-hetero) is 1. The molecule has 284 valence electrons. The van der Waals surface area contributed by atoms with Gasteiger partial charge in [0.1, 0.15) is 24.2 Å². The van der Waals surface area contributed by atoms with Crippen molar-refractivity contribution in [1.29, 1.82) is 0 Å². The second kappa shape index (κ2) is 23.3. The zero-order chi connectivity index (χ0) is 37.9. The van der Waals surface area contributed by atoms with E-state index in [1.54, 1.807) is 25.1 Å². The van der Waals surface area contributed by atoms with Crippen LogP contribution >= 0.6 is 34.8 Å². The monoisotopic (exact) mass is 774 g/mol. The van der Waals surface area contributed by atoms with Crippen LogP contribution in [-0.4, -0.2) is 43.0 Å². The van der Waals surface area contributed by atoms with Crippen LogP contribution in [0.15, 0.2) is 54.6 Å². The van der Waals surface area contributed by atoms with Gasteiger partial charge in [-0.05, 0) is 92.4 Å². The summed E-state index contributed by atoms with van der Waals surface area (Å²) < 4.78 is 16.8. The second-order valence-corrected chi connectivity index (χ2v) is 14.4. The number of hydrogen-bond donors (Lipinski definition) is 2. The van der Waals surface area contributed by atoms with E-state index in [9.17, 15) is 14.4 Å². The Bertz CT molecular complexity index is 1580. The van der Waals surface area contributed by atoms with Crippen LogP contribution in [0.5, 0.6) is 11.5 Å². The molecule has 2 unspecified atom stereocenters. The topological polar surface area (TPSA) is 103 Å². The van der Waals surface area contributed by atoms with E-state index < -0.39 is 29.3 Å². The molecule has 0 aliphatic carbocycles. The minimum Gasteiger partial charge on any atom is -0.497 e. The van der Waals surface area contributed by atoms with E-state index in [1.165, 1.54) is 95.6 Å². The molecule has 0 aliphatic rings. The van der Waals surface area contributed by atoms with Gasteiger partial charge >= 0.3 is 6.09 Å². The van der Waals surface area contributed by atoms with Crippen molar-refractivity contribution in [2.24, 2.45) is 0 Å². The van der Waals surface area contributed by atoms with Crippen LogP contribution in [0.4, 0.5) is 16.2 Å². The Hall–Kier alpha value is -3.46. The molecule has 2 atom stereocenters. The maximum atomic E-state index is 12.8. The largest absolute Gasteiger partial charge is 0.497 e. The molecular formula is C41H53Cl3N2O6. The van der Waals surface area contributed by atoms with E-state index in [1.807, 2.05) is 19.1 Å². The Balaban J connectivity index is 1.44. The van der Waals surface area contributed by atoms with Crippen LogP contribution in [0.1, 0.15) is 112 Å². The van der Waals surface area contributed by atoms with E-state index in [4.69, 9.17) is 49.0 Å². The number of unbranched alkanes of at least 4 members (excludes halogenated alkanes) is 11. The van der Waals surface area contributed by atoms with Crippen molar-refractivity contribution in [3.63, 3.8) is 0 Å². The number of benzene rings is 3. The zero-order valence-electron chi connectivity index (χ0n) is 30.8. The number of halogens is 3. The average Bonchev–Trinajstić information content (AvgIpc) is 3.13. The van der Waals surface area contributed by atoms with Crippen LogP contribution in [-0.2, 0) is 16.0 Å². The van der Waals surface area contributed by atoms with Gasteiger partial charge in [-0.2, -0.15) is 0 Å². The Kier molecular flexibility index (Phi) is 19.2. The standard InChI is InChI=1S/C41H53Cl3N2O6/c1-5-6-7-8-9-10-11-12-13-14-15-16-17-31-25-35(43)28(2)24-37(31)51-27-29(3)52-41(49)45-32-20-23-34(42)36(26-32)46-40(48)38(44)39(47)30-18-21-33(50-4)22-19-30/h18-26,29,38H,5-17,27H2,1-4H3,(H,45,49)(H,46,48). The number of ketones is 1. The summed E-state index contributed by atoms with van der Waals surface area (Å²) in [6.45, 7) is 6.07. The highest BCUT2D eigenvalue weighted by Crippen LogP contribution is 2.30. The summed E-state index contributed by atoms with van der Waals surface area (Å²) in [5.74, 6) is -0.0561. The van der Waals surface area contributed by atoms with Crippen LogP contribution in [0.3, 0.4) is 0 Å². The molecule has 3 aromatic carbocycles. The lowest BCUT2D eigenvalue weighted by Crippen LogP contribution is -2.30. The molecule has 0 saturated heterocycles. The first-order valence-corrected chi connectivity index (χ1v) is 19.5. The number of amides is 2. The molecular weight excluding hydrogens is 723 g/mol. The van der Waals surface area contributed by atoms with Crippen molar-refractivity contribution in [1.82, 2.24) is 0 Å². The number of anilines is 2. The molecule has 0 radical (unpaired) electrons. The fourth-order valence-electron chi connectivity index (χ4n) is 5.67. The smallest absolute Gasteiger partial charge is 0.412 e. The van der Waals surface area contributed by atoms with Crippen LogP contribution in [0.2, 0.25) is 10.0 Å². The molecule has 0 spiro atoms. The molecule has 0 aromatic heterocycles. The molecule has 3 aromatic rings. The van der Waals surface area contributed by atoms with Gasteiger partial charge in [0.05, 0.1) is 17.8 Å². The molecule has 2 amide bonds. The molecule has 0 heterocycles. The van der Waals surface area contributed by atoms with Crippen LogP contribution in [0.25, 0.3) is 0 Å². The first kappa shape index (κ1) is 42.9. The summed E-state index contributed by atoms with van der Waals surface area (Å²) in [5.41, 5.74) is 2.68. The summed E-state index contributed by atoms with van der Waals surface area (Å²) >= 11 is 19.0. The van der Waals surface area contributed by atoms with E-state index in [-0.39, 0.29) is 22.9 Å². The number of ether oxygens (including phenoxy) is 3. The molecule has 0 aliphatic heterocycles. The van der Waals surface area contributed by atoms with Gasteiger partial charge in [-0.25, -0.2) is 4.79 Å². The summed E-state index contributed by atoms with van der Waals surface area (Å²) in [6.07, 6.45) is 15.0. The molecule has 11 heteroatoms. The van der Waals surface area contributed by atoms with Gasteiger partial charge in [0.15, 0.2) is 11.2 Å². The van der Waals surface area contributed by atoms with Crippen molar-refractivity contribution in [3.05, 3.63) is 81.3 Å². The lowest BCUT2D eigenvalue weighted by atomic mass is 10.0. The summed E-state index contributed by atoms with van der Waals surface area (Å²) in [6, 6.07) is 14.7. The molecule has 0 saturated carbocycles. The summed E-state index contributed by atoms with van der Waals surface area (Å²) in [5, 5.41) is 4.57. The van der Waals surface area contributed by atoms with Crippen LogP contribution < -0.4 is 20.1 Å². The van der Waals surface area contributed by atoms with E-state index in [2.05, 4.69) is 17.6 Å². The van der Waals surface area contributed by atoms with Gasteiger partial charge < -0.3 is 19.5 Å². The first-order valence-electron chi connectivity index (χ1n) is 18.3. The number of aryl methyl sites for hydroxylation is 2. The molecule has 0 bridgehead atoms. The number of nitrogens with one attached hydrogen (secondary N) is 2. The molecule has 2 N–H and O–H groups in total. The first-order chi connectivity index (χ1) is 25.0. The molecule has 3 rings (SSSR count). The third kappa shape index (κ3) is 14.9. The Labute approximate surface area is 324 Å². The minimum atomic E-state index is -1.51.